The number of nitrogens with one attached hydrogen (secondary N) is 1. The smallest absolute Gasteiger partial charge is 0.254 e. The number of fused-ring (bicyclic) bond motifs is 1. The molecule has 3 N–H and O–H groups in total. The normalized spacial score (nSPS) is 24.9. The molecule has 6 nitrogen and oxygen atoms in total. The van der Waals surface area contributed by atoms with Gasteiger partial charge >= 0.3 is 0 Å². The minimum atomic E-state index is -1.89. The summed E-state index contributed by atoms with van der Waals surface area (Å²) in [5, 5.41) is 2.61. The predicted octanol–water partition coefficient (Wildman–Crippen LogP) is 2.55. The van der Waals surface area contributed by atoms with Crippen molar-refractivity contribution in [3.63, 3.8) is 0 Å². The Kier molecular flexibility index (Phi) is 7.05. The second-order valence-electron chi connectivity index (χ2n) is 7.80. The monoisotopic (exact) mass is 422 g/mol. The third kappa shape index (κ3) is 4.86. The van der Waals surface area contributed by atoms with Crippen molar-refractivity contribution in [2.45, 2.75) is 30.6 Å². The summed E-state index contributed by atoms with van der Waals surface area (Å²) in [6.45, 7) is 4.38. The fourth-order valence-corrected chi connectivity index (χ4v) is 4.32. The summed E-state index contributed by atoms with van der Waals surface area (Å²) in [5.41, 5.74) is 5.12. The maximum absolute atomic E-state index is 15.7. The van der Waals surface area contributed by atoms with Crippen molar-refractivity contribution in [1.29, 1.82) is 0 Å². The quantitative estimate of drug-likeness (QED) is 0.529. The maximum atomic E-state index is 15.7. The molecule has 2 aromatic rings. The van der Waals surface area contributed by atoms with E-state index in [2.05, 4.69) is 22.1 Å². The van der Waals surface area contributed by atoms with Gasteiger partial charge in [-0.2, -0.15) is 0 Å². The summed E-state index contributed by atoms with van der Waals surface area (Å²) in [6.07, 6.45) is 0.552. The molecule has 0 aliphatic carbocycles. The van der Waals surface area contributed by atoms with Crippen LogP contribution in [0.2, 0.25) is 0 Å². The average Bonchev–Trinajstić information content (AvgIpc) is 2.70. The Morgan fingerprint density at radius 3 is 2.97 bits per heavy atom. The van der Waals surface area contributed by atoms with Crippen LogP contribution >= 0.6 is 11.6 Å². The zero-order valence-electron chi connectivity index (χ0n) is 16.8. The van der Waals surface area contributed by atoms with Crippen LogP contribution in [-0.4, -0.2) is 66.4 Å². The standard InChI is InChI=1S/C21H28ClFN4O2/c1-14(13-29-2)11-27-10-8-21(23,17(22)12-27)20(24)26-19(28)16-7-3-5-15-6-4-9-25-18(15)16/h3-7,9,14,17,20H,8,10-13,24H2,1-2H3,(H,26,28). The Bertz CT molecular complexity index is 849. The van der Waals surface area contributed by atoms with E-state index in [0.717, 1.165) is 11.9 Å². The number of amides is 1. The fourth-order valence-electron chi connectivity index (χ4n) is 3.88. The molecular weight excluding hydrogens is 395 g/mol. The molecule has 29 heavy (non-hydrogen) atoms. The number of carbonyl (C=O) groups is 1. The lowest BCUT2D eigenvalue weighted by Gasteiger charge is -2.43. The van der Waals surface area contributed by atoms with Gasteiger partial charge in [-0.15, -0.1) is 11.6 Å². The molecule has 1 fully saturated rings. The maximum Gasteiger partial charge on any atom is 0.254 e. The molecule has 4 atom stereocenters. The number of nitrogens with two attached hydrogens (primary N) is 1. The Hall–Kier alpha value is -1.80. The number of aromatic nitrogens is 1. The molecule has 1 aromatic heterocycles. The largest absolute Gasteiger partial charge is 0.384 e. The summed E-state index contributed by atoms with van der Waals surface area (Å²) in [5.74, 6) is -0.137. The summed E-state index contributed by atoms with van der Waals surface area (Å²) in [6, 6.07) is 8.95. The van der Waals surface area contributed by atoms with E-state index in [1.54, 1.807) is 31.5 Å². The number of benzene rings is 1. The minimum absolute atomic E-state index is 0.149. The van der Waals surface area contributed by atoms with Crippen molar-refractivity contribution in [2.75, 3.05) is 33.4 Å². The minimum Gasteiger partial charge on any atom is -0.384 e. The lowest BCUT2D eigenvalue weighted by atomic mass is 9.89. The van der Waals surface area contributed by atoms with Gasteiger partial charge in [-0.3, -0.25) is 9.78 Å². The molecule has 8 heteroatoms. The van der Waals surface area contributed by atoms with Gasteiger partial charge in [0, 0.05) is 44.9 Å². The van der Waals surface area contributed by atoms with Crippen molar-refractivity contribution in [1.82, 2.24) is 15.2 Å². The van der Waals surface area contributed by atoms with E-state index < -0.39 is 23.1 Å². The second kappa shape index (κ2) is 9.34. The highest BCUT2D eigenvalue weighted by molar-refractivity contribution is 6.21. The molecule has 0 spiro atoms. The summed E-state index contributed by atoms with van der Waals surface area (Å²) in [4.78, 5) is 19.2. The highest BCUT2D eigenvalue weighted by Crippen LogP contribution is 2.33. The Balaban J connectivity index is 1.67. The van der Waals surface area contributed by atoms with Crippen molar-refractivity contribution >= 4 is 28.4 Å². The molecule has 1 aromatic carbocycles. The first kappa shape index (κ1) is 21.9. The number of ether oxygens (including phenoxy) is 1. The lowest BCUT2D eigenvalue weighted by molar-refractivity contribution is 0.0212. The van der Waals surface area contributed by atoms with Crippen LogP contribution in [0.15, 0.2) is 36.5 Å². The molecule has 1 aliphatic rings. The van der Waals surface area contributed by atoms with Gasteiger partial charge in [0.25, 0.3) is 5.91 Å². The number of piperidine rings is 1. The number of halogens is 2. The van der Waals surface area contributed by atoms with Gasteiger partial charge in [-0.1, -0.05) is 25.1 Å². The molecule has 4 unspecified atom stereocenters. The molecule has 158 valence electrons. The number of hydrogen-bond acceptors (Lipinski definition) is 5. The number of nitrogens with zero attached hydrogens (tertiary/aromatic N) is 2. The van der Waals surface area contributed by atoms with E-state index >= 15 is 4.39 Å². The molecule has 2 heterocycles. The molecule has 3 rings (SSSR count). The van der Waals surface area contributed by atoms with Crippen LogP contribution in [0.1, 0.15) is 23.7 Å². The van der Waals surface area contributed by atoms with Gasteiger partial charge in [0.1, 0.15) is 6.17 Å². The van der Waals surface area contributed by atoms with Crippen molar-refractivity contribution in [3.05, 3.63) is 42.1 Å². The Morgan fingerprint density at radius 2 is 2.24 bits per heavy atom. The highest BCUT2D eigenvalue weighted by Gasteiger charge is 2.48. The highest BCUT2D eigenvalue weighted by atomic mass is 35.5. The zero-order chi connectivity index (χ0) is 21.0. The first-order valence-corrected chi connectivity index (χ1v) is 10.2. The Morgan fingerprint density at radius 1 is 1.48 bits per heavy atom. The lowest BCUT2D eigenvalue weighted by Crippen LogP contribution is -2.65. The summed E-state index contributed by atoms with van der Waals surface area (Å²) < 4.78 is 20.8. The molecular formula is C21H28ClFN4O2. The molecule has 1 saturated heterocycles. The summed E-state index contributed by atoms with van der Waals surface area (Å²) in [7, 11) is 1.66. The van der Waals surface area contributed by atoms with Crippen molar-refractivity contribution in [3.8, 4) is 0 Å². The molecule has 0 bridgehead atoms. The summed E-state index contributed by atoms with van der Waals surface area (Å²) >= 11 is 6.41. The number of carbonyl (C=O) groups excluding carboxylic acids is 1. The van der Waals surface area contributed by atoms with Crippen molar-refractivity contribution < 1.29 is 13.9 Å². The van der Waals surface area contributed by atoms with E-state index in [-0.39, 0.29) is 6.42 Å². The van der Waals surface area contributed by atoms with E-state index in [1.807, 2.05) is 12.1 Å². The third-order valence-corrected chi connectivity index (χ3v) is 5.95. The Labute approximate surface area is 175 Å². The van der Waals surface area contributed by atoms with Gasteiger partial charge in [0.2, 0.25) is 0 Å². The van der Waals surface area contributed by atoms with Crippen LogP contribution in [0.3, 0.4) is 0 Å². The van der Waals surface area contributed by atoms with Gasteiger partial charge in [0.05, 0.1) is 16.5 Å². The fraction of sp³-hybridized carbons (Fsp3) is 0.524. The molecule has 0 saturated carbocycles. The third-order valence-electron chi connectivity index (χ3n) is 5.45. The van der Waals surface area contributed by atoms with Crippen LogP contribution < -0.4 is 11.1 Å². The van der Waals surface area contributed by atoms with E-state index in [1.165, 1.54) is 0 Å². The van der Waals surface area contributed by atoms with Gasteiger partial charge < -0.3 is 20.7 Å². The van der Waals surface area contributed by atoms with Gasteiger partial charge in [0.15, 0.2) is 5.67 Å². The van der Waals surface area contributed by atoms with Gasteiger partial charge in [-0.05, 0) is 24.5 Å². The van der Waals surface area contributed by atoms with Crippen LogP contribution in [0, 0.1) is 5.92 Å². The van der Waals surface area contributed by atoms with Crippen molar-refractivity contribution in [2.24, 2.45) is 11.7 Å². The molecule has 0 radical (unpaired) electrons. The number of rotatable bonds is 7. The number of hydrogen-bond donors (Lipinski definition) is 2. The first-order chi connectivity index (χ1) is 13.8. The SMILES string of the molecule is COCC(C)CN1CCC(F)(C(N)NC(=O)c2cccc3cccnc23)C(Cl)C1. The first-order valence-electron chi connectivity index (χ1n) is 9.79. The number of likely N-dealkylation sites (tertiary alicyclic amines) is 1. The van der Waals surface area contributed by atoms with Crippen LogP contribution in [0.4, 0.5) is 4.39 Å². The van der Waals surface area contributed by atoms with Crippen LogP contribution in [0.5, 0.6) is 0 Å². The van der Waals surface area contributed by atoms with E-state index in [4.69, 9.17) is 22.1 Å². The average molecular weight is 423 g/mol. The zero-order valence-corrected chi connectivity index (χ0v) is 17.5. The molecule has 1 amide bonds. The predicted molar refractivity (Wildman–Crippen MR) is 113 cm³/mol. The molecule has 1 aliphatic heterocycles. The number of para-hydroxylation sites is 1. The topological polar surface area (TPSA) is 80.5 Å². The van der Waals surface area contributed by atoms with E-state index in [0.29, 0.717) is 36.7 Å². The van der Waals surface area contributed by atoms with Crippen LogP contribution in [0.25, 0.3) is 10.9 Å². The van der Waals surface area contributed by atoms with E-state index in [9.17, 15) is 4.79 Å². The number of pyridine rings is 1. The second-order valence-corrected chi connectivity index (χ2v) is 8.32. The van der Waals surface area contributed by atoms with Crippen LogP contribution in [-0.2, 0) is 4.74 Å². The number of methoxy groups -OCH3 is 1. The number of alkyl halides is 2. The van der Waals surface area contributed by atoms with Gasteiger partial charge in [-0.25, -0.2) is 4.39 Å².